The Morgan fingerprint density at radius 3 is 2.24 bits per heavy atom. The lowest BCUT2D eigenvalue weighted by Crippen LogP contribution is -2.46. The second-order valence-electron chi connectivity index (χ2n) is 12.7. The number of unbranched alkanes of at least 4 members (excludes halogenated alkanes) is 2. The van der Waals surface area contributed by atoms with E-state index in [1.807, 2.05) is 29.2 Å². The van der Waals surface area contributed by atoms with Crippen molar-refractivity contribution in [1.82, 2.24) is 19.6 Å². The quantitative estimate of drug-likeness (QED) is 0.184. The maximum atomic E-state index is 14.5. The van der Waals surface area contributed by atoms with Gasteiger partial charge in [-0.25, -0.2) is 13.1 Å². The van der Waals surface area contributed by atoms with Gasteiger partial charge in [0.15, 0.2) is 15.5 Å². The first kappa shape index (κ1) is 36.5. The van der Waals surface area contributed by atoms with Gasteiger partial charge in [-0.3, -0.25) is 14.4 Å². The first-order chi connectivity index (χ1) is 24.1. The number of fused-ring (bicyclic) bond motifs is 1. The second-order valence-corrected chi connectivity index (χ2v) is 14.7. The Morgan fingerprint density at radius 1 is 0.920 bits per heavy atom. The number of amides is 3. The highest BCUT2D eigenvalue weighted by atomic mass is 32.2. The van der Waals surface area contributed by atoms with Crippen LogP contribution in [0.4, 0.5) is 5.69 Å². The molecule has 2 heterocycles. The van der Waals surface area contributed by atoms with Gasteiger partial charge in [0.05, 0.1) is 28.8 Å². The number of hydrogen-bond acceptors (Lipinski definition) is 7. The zero-order valence-corrected chi connectivity index (χ0v) is 29.7. The predicted molar refractivity (Wildman–Crippen MR) is 192 cm³/mol. The van der Waals surface area contributed by atoms with Crippen LogP contribution in [-0.4, -0.2) is 82.3 Å². The summed E-state index contributed by atoms with van der Waals surface area (Å²) in [6.45, 7) is 7.22. The van der Waals surface area contributed by atoms with Crippen LogP contribution in [0.25, 0.3) is 5.69 Å². The predicted octanol–water partition coefficient (Wildman–Crippen LogP) is 5.19. The molecule has 0 aliphatic carbocycles. The average molecular weight is 700 g/mol. The van der Waals surface area contributed by atoms with Crippen LogP contribution in [0, 0.1) is 6.92 Å². The van der Waals surface area contributed by atoms with Gasteiger partial charge in [0.2, 0.25) is 5.91 Å². The van der Waals surface area contributed by atoms with Crippen LogP contribution < -0.4 is 5.32 Å². The summed E-state index contributed by atoms with van der Waals surface area (Å²) in [5.74, 6) is -2.13. The molecule has 2 N–H and O–H groups in total. The van der Waals surface area contributed by atoms with Gasteiger partial charge in [-0.05, 0) is 73.7 Å². The molecule has 0 saturated carbocycles. The summed E-state index contributed by atoms with van der Waals surface area (Å²) in [7, 11) is -3.91. The van der Waals surface area contributed by atoms with Gasteiger partial charge in [0.25, 0.3) is 11.8 Å². The molecule has 1 atom stereocenters. The standard InChI is InChI=1S/C38H45N5O6S/c1-4-6-19-41(20-7-5-2)38(47)34-21-27(3)43(40-34)35-18-17-30(39-36(45)26-50(48,49)32-15-9-8-10-16-32)23-33(35)37(46)42-24-29-14-12-11-13-28(29)22-31(42)25-44/h8-18,21,23,31,44H,4-7,19-20,22,24-26H2,1-3H3,(H,39,45)/t31-/m0/s1. The van der Waals surface area contributed by atoms with E-state index in [0.29, 0.717) is 30.9 Å². The summed E-state index contributed by atoms with van der Waals surface area (Å²) >= 11 is 0. The summed E-state index contributed by atoms with van der Waals surface area (Å²) in [4.78, 5) is 44.7. The Morgan fingerprint density at radius 2 is 1.58 bits per heavy atom. The Kier molecular flexibility index (Phi) is 11.9. The second kappa shape index (κ2) is 16.3. The lowest BCUT2D eigenvalue weighted by atomic mass is 9.93. The molecule has 1 aliphatic heterocycles. The number of hydrogen-bond donors (Lipinski definition) is 2. The number of aryl methyl sites for hydroxylation is 1. The molecule has 0 bridgehead atoms. The van der Waals surface area contributed by atoms with E-state index in [1.165, 1.54) is 18.2 Å². The number of aliphatic hydroxyl groups excluding tert-OH is 1. The van der Waals surface area contributed by atoms with E-state index in [4.69, 9.17) is 5.10 Å². The van der Waals surface area contributed by atoms with Gasteiger partial charge < -0.3 is 20.2 Å². The Hall–Kier alpha value is -4.81. The molecular weight excluding hydrogens is 655 g/mol. The minimum atomic E-state index is -3.91. The Balaban J connectivity index is 1.51. The highest BCUT2D eigenvalue weighted by Gasteiger charge is 2.32. The van der Waals surface area contributed by atoms with Crippen LogP contribution >= 0.6 is 0 Å². The summed E-state index contributed by atoms with van der Waals surface area (Å²) in [6, 6.07) is 21.4. The van der Waals surface area contributed by atoms with Crippen LogP contribution in [0.3, 0.4) is 0 Å². The fourth-order valence-electron chi connectivity index (χ4n) is 6.19. The fraction of sp³-hybridized carbons (Fsp3) is 0.368. The number of aromatic nitrogens is 2. The van der Waals surface area contributed by atoms with Gasteiger partial charge in [0.1, 0.15) is 5.75 Å². The van der Waals surface area contributed by atoms with Crippen molar-refractivity contribution in [3.63, 3.8) is 0 Å². The smallest absolute Gasteiger partial charge is 0.274 e. The number of rotatable bonds is 14. The topological polar surface area (TPSA) is 142 Å². The number of sulfone groups is 1. The van der Waals surface area contributed by atoms with Crippen LogP contribution in [-0.2, 0) is 27.6 Å². The monoisotopic (exact) mass is 699 g/mol. The highest BCUT2D eigenvalue weighted by Crippen LogP contribution is 2.29. The van der Waals surface area contributed by atoms with Gasteiger partial charge >= 0.3 is 0 Å². The molecule has 0 saturated heterocycles. The van der Waals surface area contributed by atoms with Crippen LogP contribution in [0.1, 0.15) is 77.2 Å². The number of carbonyl (C=O) groups excluding carboxylic acids is 3. The van der Waals surface area contributed by atoms with Crippen LogP contribution in [0.15, 0.2) is 83.8 Å². The normalized spacial score (nSPS) is 14.2. The highest BCUT2D eigenvalue weighted by molar-refractivity contribution is 7.92. The molecule has 5 rings (SSSR count). The number of carbonyl (C=O) groups is 3. The van der Waals surface area contributed by atoms with E-state index >= 15 is 0 Å². The Labute approximate surface area is 293 Å². The lowest BCUT2D eigenvalue weighted by Gasteiger charge is -2.36. The van der Waals surface area contributed by atoms with E-state index in [9.17, 15) is 27.9 Å². The SMILES string of the molecule is CCCCN(CCCC)C(=O)c1cc(C)n(-c2ccc(NC(=O)CS(=O)(=O)c3ccccc3)cc2C(=O)N2Cc3ccccc3C[C@H]2CO)n1. The molecule has 264 valence electrons. The van der Waals surface area contributed by atoms with Gasteiger partial charge in [-0.1, -0.05) is 69.2 Å². The molecule has 0 fully saturated rings. The third kappa shape index (κ3) is 8.31. The van der Waals surface area contributed by atoms with Crippen LogP contribution in [0.2, 0.25) is 0 Å². The van der Waals surface area contributed by atoms with Crippen molar-refractivity contribution in [2.75, 3.05) is 30.8 Å². The summed E-state index contributed by atoms with van der Waals surface area (Å²) in [5.41, 5.74) is 3.67. The maximum Gasteiger partial charge on any atom is 0.274 e. The van der Waals surface area contributed by atoms with E-state index in [-0.39, 0.29) is 40.9 Å². The third-order valence-corrected chi connectivity index (χ3v) is 10.6. The lowest BCUT2D eigenvalue weighted by molar-refractivity contribution is -0.113. The molecule has 50 heavy (non-hydrogen) atoms. The van der Waals surface area contributed by atoms with Gasteiger partial charge in [0, 0.05) is 31.0 Å². The molecule has 1 aromatic heterocycles. The van der Waals surface area contributed by atoms with Crippen molar-refractivity contribution >= 4 is 33.2 Å². The molecule has 0 radical (unpaired) electrons. The summed E-state index contributed by atoms with van der Waals surface area (Å²) in [6.07, 6.45) is 4.11. The molecule has 0 spiro atoms. The summed E-state index contributed by atoms with van der Waals surface area (Å²) < 4.78 is 27.3. The molecule has 3 aromatic carbocycles. The number of aliphatic hydroxyl groups is 1. The molecule has 0 unspecified atom stereocenters. The van der Waals surface area contributed by atoms with Crippen LogP contribution in [0.5, 0.6) is 0 Å². The van der Waals surface area contributed by atoms with Crippen molar-refractivity contribution in [3.8, 4) is 5.69 Å². The van der Waals surface area contributed by atoms with Crippen molar-refractivity contribution in [2.45, 2.75) is 70.4 Å². The minimum absolute atomic E-state index is 0.0317. The first-order valence-corrected chi connectivity index (χ1v) is 18.8. The molecular formula is C38H45N5O6S. The number of benzene rings is 3. The zero-order chi connectivity index (χ0) is 35.8. The Bertz CT molecular complexity index is 1930. The number of anilines is 1. The molecule has 4 aromatic rings. The van der Waals surface area contributed by atoms with Crippen molar-refractivity contribution in [1.29, 1.82) is 0 Å². The third-order valence-electron chi connectivity index (χ3n) is 8.95. The van der Waals surface area contributed by atoms with E-state index in [1.54, 1.807) is 52.9 Å². The summed E-state index contributed by atoms with van der Waals surface area (Å²) in [5, 5.41) is 17.7. The number of nitrogens with zero attached hydrogens (tertiary/aromatic N) is 4. The fourth-order valence-corrected chi connectivity index (χ4v) is 7.35. The molecule has 3 amide bonds. The van der Waals surface area contributed by atoms with Crippen molar-refractivity contribution < 1.29 is 27.9 Å². The molecule has 1 aliphatic rings. The maximum absolute atomic E-state index is 14.5. The first-order valence-electron chi connectivity index (χ1n) is 17.1. The van der Waals surface area contributed by atoms with Gasteiger partial charge in [-0.2, -0.15) is 5.10 Å². The van der Waals surface area contributed by atoms with E-state index < -0.39 is 33.4 Å². The molecule has 12 heteroatoms. The van der Waals surface area contributed by atoms with E-state index in [2.05, 4.69) is 19.2 Å². The van der Waals surface area contributed by atoms with Crippen molar-refractivity contribution in [2.24, 2.45) is 0 Å². The largest absolute Gasteiger partial charge is 0.394 e. The number of nitrogens with one attached hydrogen (secondary N) is 1. The zero-order valence-electron chi connectivity index (χ0n) is 28.8. The average Bonchev–Trinajstić information content (AvgIpc) is 3.51. The van der Waals surface area contributed by atoms with Gasteiger partial charge in [-0.15, -0.1) is 0 Å². The minimum Gasteiger partial charge on any atom is -0.394 e. The molecule has 11 nitrogen and oxygen atoms in total. The van der Waals surface area contributed by atoms with Crippen molar-refractivity contribution in [3.05, 3.63) is 107 Å². The van der Waals surface area contributed by atoms with E-state index in [0.717, 1.165) is 36.8 Å².